The van der Waals surface area contributed by atoms with Gasteiger partial charge in [-0.25, -0.2) is 0 Å². The third-order valence-corrected chi connectivity index (χ3v) is 4.64. The Kier molecular flexibility index (Phi) is 3.78. The maximum atomic E-state index is 5.66. The second kappa shape index (κ2) is 6.09. The Morgan fingerprint density at radius 3 is 2.50 bits per heavy atom. The van der Waals surface area contributed by atoms with E-state index in [9.17, 15) is 0 Å². The van der Waals surface area contributed by atoms with Gasteiger partial charge in [-0.3, -0.25) is 4.98 Å². The van der Waals surface area contributed by atoms with Gasteiger partial charge in [0.15, 0.2) is 5.11 Å². The van der Waals surface area contributed by atoms with Crippen molar-refractivity contribution >= 4 is 23.0 Å². The first-order valence-electron chi connectivity index (χ1n) is 7.91. The third kappa shape index (κ3) is 2.57. The summed E-state index contributed by atoms with van der Waals surface area (Å²) >= 11 is 5.66. The maximum Gasteiger partial charge on any atom is 0.174 e. The first-order valence-corrected chi connectivity index (χ1v) is 8.32. The highest BCUT2D eigenvalue weighted by Gasteiger charge is 2.40. The number of thiocarbonyl (C=S) groups is 1. The fraction of sp³-hybridized carbons (Fsp3) is 0.158. The van der Waals surface area contributed by atoms with Crippen molar-refractivity contribution in [1.82, 2.24) is 14.9 Å². The Hall–Kier alpha value is -2.66. The number of hydrogen-bond donors (Lipinski definition) is 1. The maximum absolute atomic E-state index is 5.66. The summed E-state index contributed by atoms with van der Waals surface area (Å²) in [4.78, 5) is 6.73. The van der Waals surface area contributed by atoms with Gasteiger partial charge in [0.2, 0.25) is 0 Å². The standard InChI is InChI=1S/C19H18N4S/c1-22-12-10-14(13-22)18-17(16-9-5-6-11-20-16)21-19(24)23(18)15-7-3-2-4-8-15/h2-13,17-18H,1H3,(H,21,24)/t17-,18-/m0/s1. The van der Waals surface area contributed by atoms with E-state index in [0.29, 0.717) is 0 Å². The summed E-state index contributed by atoms with van der Waals surface area (Å²) in [6.45, 7) is 0. The molecule has 1 aliphatic rings. The van der Waals surface area contributed by atoms with Crippen LogP contribution >= 0.6 is 12.2 Å². The molecule has 5 heteroatoms. The molecule has 1 aromatic carbocycles. The van der Waals surface area contributed by atoms with E-state index in [4.69, 9.17) is 12.2 Å². The van der Waals surface area contributed by atoms with E-state index in [-0.39, 0.29) is 12.1 Å². The SMILES string of the molecule is Cn1ccc([C@H]2[C@H](c3ccccn3)NC(=S)N2c2ccccc2)c1. The van der Waals surface area contributed by atoms with Crippen molar-refractivity contribution in [2.24, 2.45) is 7.05 Å². The molecule has 0 unspecified atom stereocenters. The molecular weight excluding hydrogens is 316 g/mol. The Labute approximate surface area is 146 Å². The van der Waals surface area contributed by atoms with E-state index in [0.717, 1.165) is 16.5 Å². The van der Waals surface area contributed by atoms with Crippen LogP contribution in [0.5, 0.6) is 0 Å². The number of rotatable bonds is 3. The van der Waals surface area contributed by atoms with Gasteiger partial charge in [-0.1, -0.05) is 24.3 Å². The number of hydrogen-bond acceptors (Lipinski definition) is 2. The topological polar surface area (TPSA) is 33.1 Å². The number of benzene rings is 1. The van der Waals surface area contributed by atoms with Crippen molar-refractivity contribution in [2.75, 3.05) is 4.90 Å². The smallest absolute Gasteiger partial charge is 0.174 e. The quantitative estimate of drug-likeness (QED) is 0.742. The predicted octanol–water partition coefficient (Wildman–Crippen LogP) is 3.60. The number of pyridine rings is 1. The molecule has 120 valence electrons. The van der Waals surface area contributed by atoms with Crippen LogP contribution < -0.4 is 10.2 Å². The molecule has 3 heterocycles. The molecule has 0 radical (unpaired) electrons. The molecule has 1 N–H and O–H groups in total. The van der Waals surface area contributed by atoms with E-state index in [2.05, 4.69) is 50.4 Å². The summed E-state index contributed by atoms with van der Waals surface area (Å²) in [7, 11) is 2.03. The number of anilines is 1. The molecule has 0 amide bonds. The van der Waals surface area contributed by atoms with Gasteiger partial charge >= 0.3 is 0 Å². The molecule has 1 fully saturated rings. The lowest BCUT2D eigenvalue weighted by Gasteiger charge is -2.27. The molecule has 24 heavy (non-hydrogen) atoms. The van der Waals surface area contributed by atoms with Crippen LogP contribution in [0, 0.1) is 0 Å². The summed E-state index contributed by atoms with van der Waals surface area (Å²) in [6.07, 6.45) is 6.04. The fourth-order valence-electron chi connectivity index (χ4n) is 3.26. The third-order valence-electron chi connectivity index (χ3n) is 4.33. The minimum atomic E-state index is 0.0151. The van der Waals surface area contributed by atoms with Crippen LogP contribution in [0.1, 0.15) is 23.3 Å². The van der Waals surface area contributed by atoms with Crippen LogP contribution in [0.2, 0.25) is 0 Å². The lowest BCUT2D eigenvalue weighted by Crippen LogP contribution is -2.29. The lowest BCUT2D eigenvalue weighted by atomic mass is 9.99. The molecule has 4 nitrogen and oxygen atoms in total. The summed E-state index contributed by atoms with van der Waals surface area (Å²) < 4.78 is 2.06. The first-order chi connectivity index (χ1) is 11.7. The van der Waals surface area contributed by atoms with E-state index >= 15 is 0 Å². The molecule has 1 aliphatic heterocycles. The zero-order valence-corrected chi connectivity index (χ0v) is 14.1. The normalized spacial score (nSPS) is 20.2. The van der Waals surface area contributed by atoms with E-state index < -0.39 is 0 Å². The Bertz CT molecular complexity index is 844. The van der Waals surface area contributed by atoms with Gasteiger partial charge in [0, 0.05) is 31.3 Å². The molecule has 1 saturated heterocycles. The summed E-state index contributed by atoms with van der Waals surface area (Å²) in [5, 5.41) is 4.19. The molecule has 0 spiro atoms. The van der Waals surface area contributed by atoms with Crippen molar-refractivity contribution in [3.8, 4) is 0 Å². The number of para-hydroxylation sites is 1. The molecule has 0 saturated carbocycles. The zero-order valence-electron chi connectivity index (χ0n) is 13.3. The fourth-order valence-corrected chi connectivity index (χ4v) is 3.61. The molecule has 3 aromatic rings. The summed E-state index contributed by atoms with van der Waals surface area (Å²) in [5.74, 6) is 0. The average molecular weight is 334 g/mol. The molecular formula is C19H18N4S. The monoisotopic (exact) mass is 334 g/mol. The van der Waals surface area contributed by atoms with Gasteiger partial charge in [-0.05, 0) is 48.1 Å². The van der Waals surface area contributed by atoms with Gasteiger partial charge in [0.25, 0.3) is 0 Å². The lowest BCUT2D eigenvalue weighted by molar-refractivity contribution is 0.567. The van der Waals surface area contributed by atoms with Crippen molar-refractivity contribution in [3.63, 3.8) is 0 Å². The van der Waals surface area contributed by atoms with Gasteiger partial charge in [0.05, 0.1) is 17.8 Å². The van der Waals surface area contributed by atoms with Crippen LogP contribution in [0.15, 0.2) is 73.2 Å². The van der Waals surface area contributed by atoms with Gasteiger partial charge in [-0.15, -0.1) is 0 Å². The summed E-state index contributed by atoms with van der Waals surface area (Å²) in [6, 6.07) is 18.5. The second-order valence-corrected chi connectivity index (χ2v) is 6.33. The van der Waals surface area contributed by atoms with Crippen LogP contribution in [-0.4, -0.2) is 14.7 Å². The van der Waals surface area contributed by atoms with Crippen molar-refractivity contribution in [1.29, 1.82) is 0 Å². The number of nitrogens with one attached hydrogen (secondary N) is 1. The van der Waals surface area contributed by atoms with Crippen molar-refractivity contribution < 1.29 is 0 Å². The number of aromatic nitrogens is 2. The molecule has 0 bridgehead atoms. The molecule has 4 rings (SSSR count). The predicted molar refractivity (Wildman–Crippen MR) is 99.8 cm³/mol. The highest BCUT2D eigenvalue weighted by molar-refractivity contribution is 7.80. The van der Waals surface area contributed by atoms with Crippen LogP contribution in [0.4, 0.5) is 5.69 Å². The van der Waals surface area contributed by atoms with Crippen molar-refractivity contribution in [3.05, 3.63) is 84.4 Å². The van der Waals surface area contributed by atoms with E-state index in [1.807, 2.05) is 49.6 Å². The Morgan fingerprint density at radius 1 is 1.04 bits per heavy atom. The number of aryl methyl sites for hydroxylation is 1. The van der Waals surface area contributed by atoms with E-state index in [1.54, 1.807) is 0 Å². The molecule has 2 atom stereocenters. The second-order valence-electron chi connectivity index (χ2n) is 5.94. The van der Waals surface area contributed by atoms with Crippen LogP contribution in [0.25, 0.3) is 0 Å². The molecule has 0 aliphatic carbocycles. The molecule has 2 aromatic heterocycles. The zero-order chi connectivity index (χ0) is 16.5. The minimum absolute atomic E-state index is 0.0151. The van der Waals surface area contributed by atoms with Gasteiger partial charge in [-0.2, -0.15) is 0 Å². The van der Waals surface area contributed by atoms with Gasteiger partial charge in [0.1, 0.15) is 0 Å². The largest absolute Gasteiger partial charge is 0.357 e. The highest BCUT2D eigenvalue weighted by atomic mass is 32.1. The first kappa shape index (κ1) is 14.9. The minimum Gasteiger partial charge on any atom is -0.357 e. The Balaban J connectivity index is 1.82. The highest BCUT2D eigenvalue weighted by Crippen LogP contribution is 2.41. The van der Waals surface area contributed by atoms with Gasteiger partial charge < -0.3 is 14.8 Å². The number of nitrogens with zero attached hydrogens (tertiary/aromatic N) is 3. The summed E-state index contributed by atoms with van der Waals surface area (Å²) in [5.41, 5.74) is 3.29. The van der Waals surface area contributed by atoms with Crippen molar-refractivity contribution in [2.45, 2.75) is 12.1 Å². The van der Waals surface area contributed by atoms with E-state index in [1.165, 1.54) is 5.56 Å². The average Bonchev–Trinajstić information content (AvgIpc) is 3.19. The van der Waals surface area contributed by atoms with Crippen LogP contribution in [0.3, 0.4) is 0 Å². The van der Waals surface area contributed by atoms with Crippen LogP contribution in [-0.2, 0) is 7.05 Å². The Morgan fingerprint density at radius 2 is 1.83 bits per heavy atom.